The van der Waals surface area contributed by atoms with Gasteiger partial charge in [-0.3, -0.25) is 14.6 Å². The maximum Gasteiger partial charge on any atom is 0.306 e. The number of carbonyl (C=O) groups excluding carboxylic acids is 1. The molecule has 8 heteroatoms. The van der Waals surface area contributed by atoms with Crippen molar-refractivity contribution in [3.8, 4) is 5.69 Å². The molecular formula is C20H21N5O3. The van der Waals surface area contributed by atoms with Gasteiger partial charge < -0.3 is 10.0 Å². The number of carboxylic acid groups (broad SMARTS) is 1. The second-order valence-electron chi connectivity index (χ2n) is 7.24. The highest BCUT2D eigenvalue weighted by Gasteiger charge is 2.34. The number of likely N-dealkylation sites (tertiary alicyclic amines) is 1. The molecule has 1 fully saturated rings. The van der Waals surface area contributed by atoms with Crippen LogP contribution in [-0.4, -0.2) is 55.0 Å². The van der Waals surface area contributed by atoms with Crippen molar-refractivity contribution in [2.24, 2.45) is 11.8 Å². The SMILES string of the molecule is Cc1c(C(=O)N2CCC(C(=O)O)C(C)C2)nnn1-c1cccc2ncccc12. The van der Waals surface area contributed by atoms with E-state index in [4.69, 9.17) is 0 Å². The van der Waals surface area contributed by atoms with Crippen molar-refractivity contribution in [3.05, 3.63) is 47.9 Å². The number of rotatable bonds is 3. The largest absolute Gasteiger partial charge is 0.481 e. The third-order valence-corrected chi connectivity index (χ3v) is 5.46. The molecule has 1 aliphatic rings. The Morgan fingerprint density at radius 1 is 1.21 bits per heavy atom. The third-order valence-electron chi connectivity index (χ3n) is 5.46. The van der Waals surface area contributed by atoms with Crippen molar-refractivity contribution < 1.29 is 14.7 Å². The highest BCUT2D eigenvalue weighted by molar-refractivity contribution is 5.94. The molecule has 1 N–H and O–H groups in total. The molecule has 0 radical (unpaired) electrons. The lowest BCUT2D eigenvalue weighted by molar-refractivity contribution is -0.145. The summed E-state index contributed by atoms with van der Waals surface area (Å²) in [7, 11) is 0. The maximum atomic E-state index is 13.0. The third kappa shape index (κ3) is 3.00. The lowest BCUT2D eigenvalue weighted by Crippen LogP contribution is -2.45. The van der Waals surface area contributed by atoms with Gasteiger partial charge in [0.1, 0.15) is 0 Å². The topological polar surface area (TPSA) is 101 Å². The average Bonchev–Trinajstić information content (AvgIpc) is 3.07. The van der Waals surface area contributed by atoms with E-state index in [-0.39, 0.29) is 11.8 Å². The number of piperidine rings is 1. The Bertz CT molecular complexity index is 1060. The molecule has 8 nitrogen and oxygen atoms in total. The minimum Gasteiger partial charge on any atom is -0.481 e. The molecule has 2 aromatic heterocycles. The van der Waals surface area contributed by atoms with Crippen LogP contribution in [0.25, 0.3) is 16.6 Å². The van der Waals surface area contributed by atoms with E-state index in [1.165, 1.54) is 0 Å². The van der Waals surface area contributed by atoms with Gasteiger partial charge in [-0.05, 0) is 43.5 Å². The Morgan fingerprint density at radius 2 is 2.04 bits per heavy atom. The molecular weight excluding hydrogens is 358 g/mol. The summed E-state index contributed by atoms with van der Waals surface area (Å²) in [6, 6.07) is 9.55. The summed E-state index contributed by atoms with van der Waals surface area (Å²) in [5, 5.41) is 18.6. The van der Waals surface area contributed by atoms with Crippen LogP contribution < -0.4 is 0 Å². The van der Waals surface area contributed by atoms with Gasteiger partial charge >= 0.3 is 5.97 Å². The van der Waals surface area contributed by atoms with Crippen molar-refractivity contribution in [2.45, 2.75) is 20.3 Å². The van der Waals surface area contributed by atoms with E-state index in [0.717, 1.165) is 16.6 Å². The number of benzene rings is 1. The highest BCUT2D eigenvalue weighted by atomic mass is 16.4. The first kappa shape index (κ1) is 18.1. The fourth-order valence-corrected chi connectivity index (χ4v) is 3.87. The van der Waals surface area contributed by atoms with E-state index in [1.807, 2.05) is 44.2 Å². The van der Waals surface area contributed by atoms with Crippen LogP contribution in [0, 0.1) is 18.8 Å². The smallest absolute Gasteiger partial charge is 0.306 e. The van der Waals surface area contributed by atoms with Crippen molar-refractivity contribution in [3.63, 3.8) is 0 Å². The fourth-order valence-electron chi connectivity index (χ4n) is 3.87. The minimum absolute atomic E-state index is 0.102. The second kappa shape index (κ2) is 7.03. The Hall–Kier alpha value is -3.29. The number of aromatic nitrogens is 4. The molecule has 2 atom stereocenters. The first-order valence-electron chi connectivity index (χ1n) is 9.26. The molecule has 1 amide bonds. The summed E-state index contributed by atoms with van der Waals surface area (Å²) in [6.07, 6.45) is 2.18. The first-order chi connectivity index (χ1) is 13.5. The van der Waals surface area contributed by atoms with Crippen LogP contribution in [0.2, 0.25) is 0 Å². The van der Waals surface area contributed by atoms with Crippen molar-refractivity contribution in [1.29, 1.82) is 0 Å². The normalized spacial score (nSPS) is 19.7. The number of hydrogen-bond acceptors (Lipinski definition) is 5. The van der Waals surface area contributed by atoms with Crippen molar-refractivity contribution in [1.82, 2.24) is 24.9 Å². The van der Waals surface area contributed by atoms with Gasteiger partial charge in [-0.2, -0.15) is 0 Å². The van der Waals surface area contributed by atoms with Gasteiger partial charge in [-0.1, -0.05) is 18.2 Å². The van der Waals surface area contributed by atoms with Gasteiger partial charge in [0.25, 0.3) is 5.91 Å². The van der Waals surface area contributed by atoms with E-state index in [2.05, 4.69) is 15.3 Å². The van der Waals surface area contributed by atoms with Crippen LogP contribution in [0.15, 0.2) is 36.5 Å². The van der Waals surface area contributed by atoms with Gasteiger partial charge in [0.15, 0.2) is 5.69 Å². The number of pyridine rings is 1. The van der Waals surface area contributed by atoms with E-state index in [1.54, 1.807) is 15.8 Å². The monoisotopic (exact) mass is 379 g/mol. The zero-order chi connectivity index (χ0) is 19.8. The molecule has 144 valence electrons. The molecule has 3 heterocycles. The number of fused-ring (bicyclic) bond motifs is 1. The molecule has 2 unspecified atom stereocenters. The zero-order valence-corrected chi connectivity index (χ0v) is 15.7. The molecule has 0 spiro atoms. The van der Waals surface area contributed by atoms with E-state index in [9.17, 15) is 14.7 Å². The number of aliphatic carboxylic acids is 1. The van der Waals surface area contributed by atoms with Gasteiger partial charge in [0.2, 0.25) is 0 Å². The summed E-state index contributed by atoms with van der Waals surface area (Å²) in [5.74, 6) is -1.53. The van der Waals surface area contributed by atoms with Gasteiger partial charge in [0.05, 0.1) is 22.8 Å². The summed E-state index contributed by atoms with van der Waals surface area (Å²) >= 11 is 0. The molecule has 1 aliphatic heterocycles. The number of amides is 1. The van der Waals surface area contributed by atoms with E-state index in [0.29, 0.717) is 30.9 Å². The standard InChI is InChI=1S/C20H21N5O3/c1-12-11-24(10-8-14(12)20(27)28)19(26)18-13(2)25(23-22-18)17-7-3-6-16-15(17)5-4-9-21-16/h3-7,9,12,14H,8,10-11H2,1-2H3,(H,27,28). The van der Waals surface area contributed by atoms with Crippen LogP contribution >= 0.6 is 0 Å². The lowest BCUT2D eigenvalue weighted by atomic mass is 9.87. The Kier molecular flexibility index (Phi) is 4.54. The van der Waals surface area contributed by atoms with E-state index >= 15 is 0 Å². The Labute approximate surface area is 161 Å². The van der Waals surface area contributed by atoms with Crippen molar-refractivity contribution in [2.75, 3.05) is 13.1 Å². The Balaban J connectivity index is 1.64. The summed E-state index contributed by atoms with van der Waals surface area (Å²) in [6.45, 7) is 4.49. The molecule has 1 saturated heterocycles. The van der Waals surface area contributed by atoms with Crippen LogP contribution in [-0.2, 0) is 4.79 Å². The number of carbonyl (C=O) groups is 2. The molecule has 3 aromatic rings. The number of carboxylic acids is 1. The molecule has 28 heavy (non-hydrogen) atoms. The molecule has 4 rings (SSSR count). The number of nitrogens with zero attached hydrogens (tertiary/aromatic N) is 5. The molecule has 0 bridgehead atoms. The second-order valence-corrected chi connectivity index (χ2v) is 7.24. The number of hydrogen-bond donors (Lipinski definition) is 1. The maximum absolute atomic E-state index is 13.0. The van der Waals surface area contributed by atoms with Crippen LogP contribution in [0.5, 0.6) is 0 Å². The van der Waals surface area contributed by atoms with Gasteiger partial charge in [0, 0.05) is 24.7 Å². The predicted octanol–water partition coefficient (Wildman–Crippen LogP) is 2.31. The highest BCUT2D eigenvalue weighted by Crippen LogP contribution is 2.26. The van der Waals surface area contributed by atoms with Crippen LogP contribution in [0.3, 0.4) is 0 Å². The van der Waals surface area contributed by atoms with Gasteiger partial charge in [-0.25, -0.2) is 4.68 Å². The van der Waals surface area contributed by atoms with Gasteiger partial charge in [-0.15, -0.1) is 5.10 Å². The lowest BCUT2D eigenvalue weighted by Gasteiger charge is -2.34. The average molecular weight is 379 g/mol. The molecule has 0 saturated carbocycles. The van der Waals surface area contributed by atoms with E-state index < -0.39 is 11.9 Å². The quantitative estimate of drug-likeness (QED) is 0.749. The summed E-state index contributed by atoms with van der Waals surface area (Å²) in [4.78, 5) is 30.3. The molecule has 0 aliphatic carbocycles. The first-order valence-corrected chi connectivity index (χ1v) is 9.26. The zero-order valence-electron chi connectivity index (χ0n) is 15.7. The van der Waals surface area contributed by atoms with Crippen LogP contribution in [0.4, 0.5) is 0 Å². The fraction of sp³-hybridized carbons (Fsp3) is 0.350. The van der Waals surface area contributed by atoms with Crippen molar-refractivity contribution >= 4 is 22.8 Å². The Morgan fingerprint density at radius 3 is 2.79 bits per heavy atom. The summed E-state index contributed by atoms with van der Waals surface area (Å²) in [5.41, 5.74) is 2.59. The van der Waals surface area contributed by atoms with Crippen LogP contribution in [0.1, 0.15) is 29.5 Å². The summed E-state index contributed by atoms with van der Waals surface area (Å²) < 4.78 is 1.66. The minimum atomic E-state index is -0.800. The predicted molar refractivity (Wildman–Crippen MR) is 102 cm³/mol. The molecule has 1 aromatic carbocycles.